The molecule has 0 aliphatic carbocycles. The minimum absolute atomic E-state index is 0.688. The zero-order valence-corrected chi connectivity index (χ0v) is 5.01. The highest BCUT2D eigenvalue weighted by Gasteiger charge is 2.00. The van der Waals surface area contributed by atoms with Crippen LogP contribution in [-0.2, 0) is 0 Å². The Hall–Kier alpha value is -1.25. The molecular weight excluding hydrogens is 116 g/mol. The molecule has 9 heavy (non-hydrogen) atoms. The second kappa shape index (κ2) is 1.37. The zero-order chi connectivity index (χ0) is 6.27. The third-order valence-corrected chi connectivity index (χ3v) is 1.35. The fraction of sp³-hybridized carbons (Fsp3) is 0.167. The number of aromatic amines is 1. The van der Waals surface area contributed by atoms with Crippen LogP contribution >= 0.6 is 0 Å². The molecular formula is C6H6N2O. The van der Waals surface area contributed by atoms with E-state index in [0.717, 1.165) is 11.1 Å². The molecule has 0 fully saturated rings. The van der Waals surface area contributed by atoms with Crippen LogP contribution in [0.25, 0.3) is 11.2 Å². The maximum absolute atomic E-state index is 5.05. The first-order valence-corrected chi connectivity index (χ1v) is 2.75. The number of furan rings is 1. The van der Waals surface area contributed by atoms with Crippen LogP contribution in [0, 0.1) is 6.92 Å². The summed E-state index contributed by atoms with van der Waals surface area (Å²) >= 11 is 0. The van der Waals surface area contributed by atoms with Gasteiger partial charge in [0.25, 0.3) is 0 Å². The molecule has 0 aliphatic heterocycles. The number of nitrogens with zero attached hydrogens (tertiary/aromatic N) is 1. The summed E-state index contributed by atoms with van der Waals surface area (Å²) in [4.78, 5) is 6.88. The monoisotopic (exact) mass is 122 g/mol. The number of nitrogens with one attached hydrogen (secondary N) is 1. The Balaban J connectivity index is 2.99. The van der Waals surface area contributed by atoms with E-state index in [1.165, 1.54) is 0 Å². The van der Waals surface area contributed by atoms with Crippen LogP contribution in [0.4, 0.5) is 0 Å². The van der Waals surface area contributed by atoms with Crippen LogP contribution in [-0.4, -0.2) is 9.97 Å². The highest BCUT2D eigenvalue weighted by atomic mass is 16.3. The first kappa shape index (κ1) is 4.61. The van der Waals surface area contributed by atoms with Gasteiger partial charge in [0, 0.05) is 5.56 Å². The third kappa shape index (κ3) is 0.483. The van der Waals surface area contributed by atoms with Gasteiger partial charge in [0.15, 0.2) is 0 Å². The Kier molecular flexibility index (Phi) is 0.704. The molecule has 0 atom stereocenters. The van der Waals surface area contributed by atoms with Gasteiger partial charge in [0.2, 0.25) is 5.71 Å². The van der Waals surface area contributed by atoms with Crippen LogP contribution in [0.1, 0.15) is 5.56 Å². The van der Waals surface area contributed by atoms with E-state index in [1.54, 1.807) is 12.6 Å². The van der Waals surface area contributed by atoms with E-state index in [0.29, 0.717) is 5.71 Å². The van der Waals surface area contributed by atoms with Crippen molar-refractivity contribution >= 4 is 11.2 Å². The van der Waals surface area contributed by atoms with E-state index >= 15 is 0 Å². The highest BCUT2D eigenvalue weighted by Crippen LogP contribution is 2.14. The predicted octanol–water partition coefficient (Wildman–Crippen LogP) is 1.46. The number of hydrogen-bond donors (Lipinski definition) is 1. The molecule has 0 aromatic carbocycles. The molecule has 3 heteroatoms. The minimum Gasteiger partial charge on any atom is -0.445 e. The molecule has 0 saturated carbocycles. The molecule has 0 aliphatic rings. The third-order valence-electron chi connectivity index (χ3n) is 1.35. The summed E-state index contributed by atoms with van der Waals surface area (Å²) in [5, 5.41) is 0. The van der Waals surface area contributed by atoms with E-state index in [2.05, 4.69) is 9.97 Å². The summed E-state index contributed by atoms with van der Waals surface area (Å²) in [6, 6.07) is 0. The lowest BCUT2D eigenvalue weighted by Crippen LogP contribution is -1.62. The summed E-state index contributed by atoms with van der Waals surface area (Å²) < 4.78 is 5.05. The van der Waals surface area contributed by atoms with E-state index in [1.807, 2.05) is 6.92 Å². The van der Waals surface area contributed by atoms with Crippen molar-refractivity contribution in [1.29, 1.82) is 0 Å². The van der Waals surface area contributed by atoms with E-state index < -0.39 is 0 Å². The van der Waals surface area contributed by atoms with Crippen molar-refractivity contribution in [1.82, 2.24) is 9.97 Å². The van der Waals surface area contributed by atoms with Gasteiger partial charge in [-0.15, -0.1) is 0 Å². The molecule has 2 aromatic heterocycles. The number of fused-ring (bicyclic) bond motifs is 1. The van der Waals surface area contributed by atoms with Crippen LogP contribution in [0.5, 0.6) is 0 Å². The summed E-state index contributed by atoms with van der Waals surface area (Å²) in [5.74, 6) is 0. The van der Waals surface area contributed by atoms with Crippen molar-refractivity contribution in [3.05, 3.63) is 18.2 Å². The van der Waals surface area contributed by atoms with Crippen molar-refractivity contribution < 1.29 is 4.42 Å². The fourth-order valence-corrected chi connectivity index (χ4v) is 0.857. The number of aryl methyl sites for hydroxylation is 1. The summed E-state index contributed by atoms with van der Waals surface area (Å²) in [6.45, 7) is 1.98. The Morgan fingerprint density at radius 3 is 3.33 bits per heavy atom. The Morgan fingerprint density at radius 2 is 2.56 bits per heavy atom. The fourth-order valence-electron chi connectivity index (χ4n) is 0.857. The van der Waals surface area contributed by atoms with E-state index in [4.69, 9.17) is 4.42 Å². The minimum atomic E-state index is 0.688. The lowest BCUT2D eigenvalue weighted by molar-refractivity contribution is 0.601. The number of H-pyrrole nitrogens is 1. The molecule has 0 amide bonds. The van der Waals surface area contributed by atoms with Gasteiger partial charge < -0.3 is 9.40 Å². The second-order valence-corrected chi connectivity index (χ2v) is 2.00. The molecule has 2 aromatic rings. The van der Waals surface area contributed by atoms with Gasteiger partial charge in [-0.2, -0.15) is 0 Å². The van der Waals surface area contributed by atoms with Gasteiger partial charge in [-0.3, -0.25) is 0 Å². The van der Waals surface area contributed by atoms with Crippen LogP contribution in [0.2, 0.25) is 0 Å². The predicted molar refractivity (Wildman–Crippen MR) is 33.1 cm³/mol. The van der Waals surface area contributed by atoms with E-state index in [-0.39, 0.29) is 0 Å². The molecule has 0 spiro atoms. The average Bonchev–Trinajstić information content (AvgIpc) is 2.35. The largest absolute Gasteiger partial charge is 0.445 e. The van der Waals surface area contributed by atoms with Crippen molar-refractivity contribution in [2.75, 3.05) is 0 Å². The molecule has 0 saturated heterocycles. The molecule has 2 heterocycles. The molecule has 2 rings (SSSR count). The summed E-state index contributed by atoms with van der Waals surface area (Å²) in [7, 11) is 0. The van der Waals surface area contributed by atoms with Crippen LogP contribution in [0.15, 0.2) is 17.0 Å². The average molecular weight is 122 g/mol. The molecule has 0 bridgehead atoms. The van der Waals surface area contributed by atoms with Gasteiger partial charge in [-0.05, 0) is 6.92 Å². The number of aromatic nitrogens is 2. The summed E-state index contributed by atoms with van der Waals surface area (Å²) in [5.41, 5.74) is 2.78. The molecule has 3 nitrogen and oxygen atoms in total. The summed E-state index contributed by atoms with van der Waals surface area (Å²) in [6.07, 6.45) is 3.31. The van der Waals surface area contributed by atoms with Crippen molar-refractivity contribution in [3.63, 3.8) is 0 Å². The number of hydrogen-bond acceptors (Lipinski definition) is 2. The first-order chi connectivity index (χ1) is 4.38. The number of imidazole rings is 1. The smallest absolute Gasteiger partial charge is 0.244 e. The van der Waals surface area contributed by atoms with Gasteiger partial charge >= 0.3 is 0 Å². The van der Waals surface area contributed by atoms with Crippen molar-refractivity contribution in [2.45, 2.75) is 6.92 Å². The molecule has 0 unspecified atom stereocenters. The van der Waals surface area contributed by atoms with E-state index in [9.17, 15) is 0 Å². The Bertz CT molecular complexity index is 320. The maximum atomic E-state index is 5.05. The quantitative estimate of drug-likeness (QED) is 0.574. The second-order valence-electron chi connectivity index (χ2n) is 2.00. The van der Waals surface area contributed by atoms with Gasteiger partial charge in [0.1, 0.15) is 5.52 Å². The normalized spacial score (nSPS) is 10.8. The van der Waals surface area contributed by atoms with Crippen LogP contribution < -0.4 is 0 Å². The van der Waals surface area contributed by atoms with Gasteiger partial charge in [-0.1, -0.05) is 0 Å². The van der Waals surface area contributed by atoms with Gasteiger partial charge in [-0.25, -0.2) is 4.98 Å². The lowest BCUT2D eigenvalue weighted by atomic mass is 10.4. The maximum Gasteiger partial charge on any atom is 0.244 e. The lowest BCUT2D eigenvalue weighted by Gasteiger charge is -1.73. The number of rotatable bonds is 0. The van der Waals surface area contributed by atoms with Crippen molar-refractivity contribution in [3.8, 4) is 0 Å². The Morgan fingerprint density at radius 1 is 1.67 bits per heavy atom. The zero-order valence-electron chi connectivity index (χ0n) is 5.01. The SMILES string of the molecule is Cc1coc2nc[nH]c12. The standard InChI is InChI=1S/C6H6N2O/c1-4-2-9-6-5(4)7-3-8-6/h2-3H,1H3,(H,7,8). The van der Waals surface area contributed by atoms with Crippen molar-refractivity contribution in [2.24, 2.45) is 0 Å². The topological polar surface area (TPSA) is 41.8 Å². The molecule has 0 radical (unpaired) electrons. The molecule has 1 N–H and O–H groups in total. The first-order valence-electron chi connectivity index (χ1n) is 2.75. The van der Waals surface area contributed by atoms with Crippen LogP contribution in [0.3, 0.4) is 0 Å². The highest BCUT2D eigenvalue weighted by molar-refractivity contribution is 5.72. The van der Waals surface area contributed by atoms with Gasteiger partial charge in [0.05, 0.1) is 12.6 Å². The Labute approximate surface area is 51.7 Å². The molecule has 46 valence electrons.